The van der Waals surface area contributed by atoms with Gasteiger partial charge in [0.05, 0.1) is 4.92 Å². The zero-order chi connectivity index (χ0) is 13.4. The molecule has 1 aromatic rings. The summed E-state index contributed by atoms with van der Waals surface area (Å²) in [7, 11) is 0. The molecule has 0 saturated carbocycles. The number of dihydropyridines is 1. The molecule has 0 aromatic carbocycles. The van der Waals surface area contributed by atoms with Crippen molar-refractivity contribution in [2.45, 2.75) is 0 Å². The second-order valence-corrected chi connectivity index (χ2v) is 3.67. The zero-order valence-electron chi connectivity index (χ0n) is 9.35. The predicted octanol–water partition coefficient (Wildman–Crippen LogP) is 0.382. The van der Waals surface area contributed by atoms with Crippen LogP contribution in [0.15, 0.2) is 50.8 Å². The van der Waals surface area contributed by atoms with Crippen LogP contribution in [-0.2, 0) is 4.79 Å². The van der Waals surface area contributed by atoms with Crippen LogP contribution in [0.3, 0.4) is 0 Å². The summed E-state index contributed by atoms with van der Waals surface area (Å²) >= 11 is 0. The lowest BCUT2D eigenvalue weighted by Gasteiger charge is -2.01. The van der Waals surface area contributed by atoms with E-state index >= 15 is 0 Å². The van der Waals surface area contributed by atoms with Gasteiger partial charge in [-0.15, -0.1) is 0 Å². The molecule has 8 heteroatoms. The SMILES string of the molecule is O=C1N=CC([N+](=O)[O-])=C2N=C(c3ccccn3)N=C12. The van der Waals surface area contributed by atoms with E-state index < -0.39 is 10.8 Å². The van der Waals surface area contributed by atoms with Crippen molar-refractivity contribution in [3.8, 4) is 0 Å². The van der Waals surface area contributed by atoms with Crippen LogP contribution >= 0.6 is 0 Å². The van der Waals surface area contributed by atoms with E-state index in [2.05, 4.69) is 20.0 Å². The van der Waals surface area contributed by atoms with Gasteiger partial charge < -0.3 is 0 Å². The van der Waals surface area contributed by atoms with E-state index in [1.54, 1.807) is 24.4 Å². The smallest absolute Gasteiger partial charge is 0.265 e. The third-order valence-electron chi connectivity index (χ3n) is 2.50. The number of aliphatic imine (C=N–C) groups is 3. The van der Waals surface area contributed by atoms with Crippen LogP contribution in [0.5, 0.6) is 0 Å². The molecule has 3 rings (SSSR count). The van der Waals surface area contributed by atoms with Crippen molar-refractivity contribution in [1.29, 1.82) is 0 Å². The van der Waals surface area contributed by atoms with E-state index in [0.717, 1.165) is 6.21 Å². The minimum atomic E-state index is -0.647. The lowest BCUT2D eigenvalue weighted by Crippen LogP contribution is -2.21. The number of hydrogen-bond donors (Lipinski definition) is 0. The number of amidine groups is 1. The normalized spacial score (nSPS) is 17.2. The van der Waals surface area contributed by atoms with Gasteiger partial charge in [0.25, 0.3) is 5.91 Å². The number of hydrogen-bond acceptors (Lipinski definition) is 6. The van der Waals surface area contributed by atoms with E-state index in [0.29, 0.717) is 5.69 Å². The second-order valence-electron chi connectivity index (χ2n) is 3.67. The van der Waals surface area contributed by atoms with Crippen molar-refractivity contribution in [3.63, 3.8) is 0 Å². The molecule has 3 heterocycles. The third-order valence-corrected chi connectivity index (χ3v) is 2.50. The average molecular weight is 255 g/mol. The molecule has 0 N–H and O–H groups in total. The second kappa shape index (κ2) is 4.02. The summed E-state index contributed by atoms with van der Waals surface area (Å²) in [6.07, 6.45) is 2.43. The molecule has 8 nitrogen and oxygen atoms in total. The summed E-state index contributed by atoms with van der Waals surface area (Å²) in [5.41, 5.74) is -0.0859. The summed E-state index contributed by atoms with van der Waals surface area (Å²) in [5, 5.41) is 10.9. The monoisotopic (exact) mass is 255 g/mol. The van der Waals surface area contributed by atoms with Crippen molar-refractivity contribution in [2.24, 2.45) is 15.0 Å². The Balaban J connectivity index is 2.15. The first kappa shape index (κ1) is 11.1. The summed E-state index contributed by atoms with van der Waals surface area (Å²) in [4.78, 5) is 37.2. The summed E-state index contributed by atoms with van der Waals surface area (Å²) in [6, 6.07) is 5.10. The maximum Gasteiger partial charge on any atom is 0.315 e. The molecule has 2 aliphatic rings. The molecule has 1 aromatic heterocycles. The molecule has 0 fully saturated rings. The Morgan fingerprint density at radius 3 is 2.74 bits per heavy atom. The van der Waals surface area contributed by atoms with Gasteiger partial charge in [-0.25, -0.2) is 15.0 Å². The molecule has 92 valence electrons. The van der Waals surface area contributed by atoms with E-state index in [9.17, 15) is 14.9 Å². The number of nitro groups is 1. The number of allylic oxidation sites excluding steroid dienone is 1. The highest BCUT2D eigenvalue weighted by Gasteiger charge is 2.34. The average Bonchev–Trinajstić information content (AvgIpc) is 2.85. The highest BCUT2D eigenvalue weighted by atomic mass is 16.6. The van der Waals surface area contributed by atoms with Crippen molar-refractivity contribution < 1.29 is 9.72 Å². The number of amides is 1. The van der Waals surface area contributed by atoms with Gasteiger partial charge in [-0.05, 0) is 12.1 Å². The van der Waals surface area contributed by atoms with Crippen LogP contribution in [0.25, 0.3) is 0 Å². The summed E-state index contributed by atoms with van der Waals surface area (Å²) in [6.45, 7) is 0. The van der Waals surface area contributed by atoms with Crippen LogP contribution in [0, 0.1) is 10.1 Å². The lowest BCUT2D eigenvalue weighted by molar-refractivity contribution is -0.415. The summed E-state index contributed by atoms with van der Waals surface area (Å²) < 4.78 is 0. The minimum Gasteiger partial charge on any atom is -0.265 e. The molecule has 0 aliphatic carbocycles. The van der Waals surface area contributed by atoms with Gasteiger partial charge in [-0.3, -0.25) is 19.9 Å². The fraction of sp³-hybridized carbons (Fsp3) is 0. The molecular formula is C11H5N5O3. The summed E-state index contributed by atoms with van der Waals surface area (Å²) in [5.74, 6) is -0.473. The van der Waals surface area contributed by atoms with E-state index in [4.69, 9.17) is 0 Å². The Kier molecular flexibility index (Phi) is 2.34. The van der Waals surface area contributed by atoms with Gasteiger partial charge >= 0.3 is 5.70 Å². The number of carbonyl (C=O) groups excluding carboxylic acids is 1. The lowest BCUT2D eigenvalue weighted by atomic mass is 10.2. The Hall–Kier alpha value is -3.03. The molecule has 0 atom stereocenters. The number of carbonyl (C=O) groups is 1. The van der Waals surface area contributed by atoms with Crippen molar-refractivity contribution in [1.82, 2.24) is 4.98 Å². The highest BCUT2D eigenvalue weighted by Crippen LogP contribution is 2.21. The number of fused-ring (bicyclic) bond motifs is 1. The fourth-order valence-electron chi connectivity index (χ4n) is 1.66. The quantitative estimate of drug-likeness (QED) is 0.561. The first-order chi connectivity index (χ1) is 9.16. The maximum atomic E-state index is 11.5. The van der Waals surface area contributed by atoms with Crippen LogP contribution < -0.4 is 0 Å². The molecule has 0 unspecified atom stereocenters. The van der Waals surface area contributed by atoms with Crippen LogP contribution in [0.2, 0.25) is 0 Å². The third kappa shape index (κ3) is 1.75. The van der Waals surface area contributed by atoms with E-state index in [-0.39, 0.29) is 22.9 Å². The molecule has 0 saturated heterocycles. The Morgan fingerprint density at radius 1 is 1.21 bits per heavy atom. The molecule has 0 radical (unpaired) electrons. The van der Waals surface area contributed by atoms with Gasteiger partial charge in [0.2, 0.25) is 0 Å². The number of aromatic nitrogens is 1. The van der Waals surface area contributed by atoms with Gasteiger partial charge in [0, 0.05) is 6.20 Å². The standard InChI is InChI=1S/C11H5N5O3/c17-11-9-8(7(5-13-11)16(18)19)14-10(15-9)6-3-1-2-4-12-6/h1-5H. The van der Waals surface area contributed by atoms with Gasteiger partial charge in [-0.1, -0.05) is 6.07 Å². The van der Waals surface area contributed by atoms with Gasteiger partial charge in [0.1, 0.15) is 11.9 Å². The Morgan fingerprint density at radius 2 is 2.05 bits per heavy atom. The van der Waals surface area contributed by atoms with Crippen molar-refractivity contribution >= 4 is 23.7 Å². The Bertz CT molecular complexity index is 715. The zero-order valence-corrected chi connectivity index (χ0v) is 9.35. The van der Waals surface area contributed by atoms with E-state index in [1.165, 1.54) is 0 Å². The van der Waals surface area contributed by atoms with Crippen LogP contribution in [0.1, 0.15) is 5.69 Å². The molecule has 0 spiro atoms. The van der Waals surface area contributed by atoms with E-state index in [1.807, 2.05) is 0 Å². The first-order valence-electron chi connectivity index (χ1n) is 5.23. The van der Waals surface area contributed by atoms with Crippen molar-refractivity contribution in [3.05, 3.63) is 51.6 Å². The van der Waals surface area contributed by atoms with Gasteiger partial charge in [0.15, 0.2) is 17.2 Å². The maximum absolute atomic E-state index is 11.5. The Labute approximate surface area is 106 Å². The first-order valence-corrected chi connectivity index (χ1v) is 5.23. The molecule has 2 aliphatic heterocycles. The molecule has 0 bridgehead atoms. The molecular weight excluding hydrogens is 250 g/mol. The van der Waals surface area contributed by atoms with Crippen LogP contribution in [0.4, 0.5) is 0 Å². The fourth-order valence-corrected chi connectivity index (χ4v) is 1.66. The highest BCUT2D eigenvalue weighted by molar-refractivity contribution is 6.51. The minimum absolute atomic E-state index is 0.0642. The predicted molar refractivity (Wildman–Crippen MR) is 65.7 cm³/mol. The topological polar surface area (TPSA) is 110 Å². The number of rotatable bonds is 2. The van der Waals surface area contributed by atoms with Crippen molar-refractivity contribution in [2.75, 3.05) is 0 Å². The van der Waals surface area contributed by atoms with Gasteiger partial charge in [-0.2, -0.15) is 0 Å². The molecule has 1 amide bonds. The van der Waals surface area contributed by atoms with Crippen LogP contribution in [-0.4, -0.2) is 33.6 Å². The number of nitrogens with zero attached hydrogens (tertiary/aromatic N) is 5. The largest absolute Gasteiger partial charge is 0.315 e. The number of pyridine rings is 1. The molecule has 19 heavy (non-hydrogen) atoms.